The van der Waals surface area contributed by atoms with Gasteiger partial charge in [0.15, 0.2) is 0 Å². The van der Waals surface area contributed by atoms with Gasteiger partial charge < -0.3 is 19.5 Å². The molecule has 0 unspecified atom stereocenters. The summed E-state index contributed by atoms with van der Waals surface area (Å²) in [7, 11) is 0. The second kappa shape index (κ2) is 11.8. The number of rotatable bonds is 11. The van der Waals surface area contributed by atoms with Crippen LogP contribution < -0.4 is 5.32 Å². The smallest absolute Gasteiger partial charge is 0.246 e. The molecule has 1 aliphatic rings. The maximum absolute atomic E-state index is 11.8. The third kappa shape index (κ3) is 10.7. The molecule has 1 saturated carbocycles. The number of carbonyl (C=O) groups is 1. The van der Waals surface area contributed by atoms with Gasteiger partial charge in [0.2, 0.25) is 5.91 Å². The van der Waals surface area contributed by atoms with Crippen LogP contribution in [0.15, 0.2) is 0 Å². The van der Waals surface area contributed by atoms with Crippen molar-refractivity contribution in [3.63, 3.8) is 0 Å². The average Bonchev–Trinajstić information content (AvgIpc) is 2.47. The van der Waals surface area contributed by atoms with Crippen molar-refractivity contribution in [3.8, 4) is 0 Å². The summed E-state index contributed by atoms with van der Waals surface area (Å²) in [5.41, 5.74) is 0. The van der Waals surface area contributed by atoms with Crippen LogP contribution >= 0.6 is 0 Å². The highest BCUT2D eigenvalue weighted by atomic mass is 16.5. The number of hydrogen-bond donors (Lipinski definition) is 1. The van der Waals surface area contributed by atoms with Crippen molar-refractivity contribution in [2.24, 2.45) is 5.92 Å². The minimum Gasteiger partial charge on any atom is -0.379 e. The van der Waals surface area contributed by atoms with Gasteiger partial charge in [-0.2, -0.15) is 0 Å². The Morgan fingerprint density at radius 2 is 1.65 bits per heavy atom. The normalized spacial score (nSPS) is 21.8. The standard InChI is InChI=1S/C18H35NO4/c1-14(2)9-10-21-11-12-22-13-18(20)19-16-5-7-17(8-6-16)23-15(3)4/h14-17H,5-13H2,1-4H3,(H,19,20). The fourth-order valence-electron chi connectivity index (χ4n) is 2.70. The van der Waals surface area contributed by atoms with Gasteiger partial charge in [-0.1, -0.05) is 13.8 Å². The molecule has 1 amide bonds. The molecule has 136 valence electrons. The van der Waals surface area contributed by atoms with Gasteiger partial charge in [0, 0.05) is 12.6 Å². The van der Waals surface area contributed by atoms with Crippen molar-refractivity contribution in [1.82, 2.24) is 5.32 Å². The van der Waals surface area contributed by atoms with Crippen LogP contribution in [-0.4, -0.2) is 50.6 Å². The quantitative estimate of drug-likeness (QED) is 0.592. The van der Waals surface area contributed by atoms with Crippen molar-refractivity contribution in [2.45, 2.75) is 78.0 Å². The number of nitrogens with one attached hydrogen (secondary N) is 1. The van der Waals surface area contributed by atoms with Crippen LogP contribution in [0.5, 0.6) is 0 Å². The van der Waals surface area contributed by atoms with E-state index in [9.17, 15) is 4.79 Å². The Labute approximate surface area is 141 Å². The summed E-state index contributed by atoms with van der Waals surface area (Å²) < 4.78 is 16.6. The summed E-state index contributed by atoms with van der Waals surface area (Å²) in [6, 6.07) is 0.264. The second-order valence-electron chi connectivity index (χ2n) is 7.07. The molecule has 0 spiro atoms. The average molecular weight is 329 g/mol. The van der Waals surface area contributed by atoms with Gasteiger partial charge in [-0.3, -0.25) is 4.79 Å². The summed E-state index contributed by atoms with van der Waals surface area (Å²) in [4.78, 5) is 11.8. The molecule has 1 rings (SSSR count). The van der Waals surface area contributed by atoms with Crippen LogP contribution in [0.4, 0.5) is 0 Å². The molecule has 0 saturated heterocycles. The molecule has 0 aliphatic heterocycles. The molecule has 1 fully saturated rings. The fourth-order valence-corrected chi connectivity index (χ4v) is 2.70. The highest BCUT2D eigenvalue weighted by Gasteiger charge is 2.23. The molecule has 0 aromatic heterocycles. The molecule has 0 aromatic carbocycles. The third-order valence-electron chi connectivity index (χ3n) is 3.95. The largest absolute Gasteiger partial charge is 0.379 e. The highest BCUT2D eigenvalue weighted by molar-refractivity contribution is 5.77. The first-order chi connectivity index (χ1) is 11.0. The Morgan fingerprint density at radius 3 is 2.26 bits per heavy atom. The Hall–Kier alpha value is -0.650. The summed E-state index contributed by atoms with van der Waals surface area (Å²) >= 11 is 0. The lowest BCUT2D eigenvalue weighted by atomic mass is 9.93. The third-order valence-corrected chi connectivity index (χ3v) is 3.95. The predicted molar refractivity (Wildman–Crippen MR) is 91.5 cm³/mol. The van der Waals surface area contributed by atoms with Crippen LogP contribution in [0.25, 0.3) is 0 Å². The van der Waals surface area contributed by atoms with E-state index in [1.54, 1.807) is 0 Å². The lowest BCUT2D eigenvalue weighted by Gasteiger charge is -2.30. The highest BCUT2D eigenvalue weighted by Crippen LogP contribution is 2.22. The molecule has 0 bridgehead atoms. The Kier molecular flexibility index (Phi) is 10.5. The number of ether oxygens (including phenoxy) is 3. The van der Waals surface area contributed by atoms with Crippen molar-refractivity contribution in [1.29, 1.82) is 0 Å². The SMILES string of the molecule is CC(C)CCOCCOCC(=O)NC1CCC(OC(C)C)CC1. The Morgan fingerprint density at radius 1 is 1.00 bits per heavy atom. The first-order valence-corrected chi connectivity index (χ1v) is 9.07. The molecule has 0 atom stereocenters. The molecule has 1 aliphatic carbocycles. The molecule has 5 heteroatoms. The minimum absolute atomic E-state index is 0.0274. The van der Waals surface area contributed by atoms with Gasteiger partial charge in [0.25, 0.3) is 0 Å². The van der Waals surface area contributed by atoms with Crippen molar-refractivity contribution < 1.29 is 19.0 Å². The summed E-state index contributed by atoms with van der Waals surface area (Å²) in [6.07, 6.45) is 5.71. The van der Waals surface area contributed by atoms with Crippen LogP contribution in [-0.2, 0) is 19.0 Å². The lowest BCUT2D eigenvalue weighted by Crippen LogP contribution is -2.41. The van der Waals surface area contributed by atoms with E-state index in [-0.39, 0.29) is 24.7 Å². The van der Waals surface area contributed by atoms with Crippen LogP contribution in [0, 0.1) is 5.92 Å². The predicted octanol–water partition coefficient (Wildman–Crippen LogP) is 2.92. The fraction of sp³-hybridized carbons (Fsp3) is 0.944. The van der Waals surface area contributed by atoms with Gasteiger partial charge in [-0.25, -0.2) is 0 Å². The van der Waals surface area contributed by atoms with E-state index < -0.39 is 0 Å². The monoisotopic (exact) mass is 329 g/mol. The zero-order valence-electron chi connectivity index (χ0n) is 15.3. The number of amides is 1. The van der Waals surface area contributed by atoms with Gasteiger partial charge in [-0.05, 0) is 51.9 Å². The zero-order chi connectivity index (χ0) is 17.1. The summed E-state index contributed by atoms with van der Waals surface area (Å²) in [5, 5.41) is 3.05. The van der Waals surface area contributed by atoms with E-state index in [1.807, 2.05) is 0 Å². The van der Waals surface area contributed by atoms with Gasteiger partial charge in [0.1, 0.15) is 6.61 Å². The molecule has 1 N–H and O–H groups in total. The van der Waals surface area contributed by atoms with Gasteiger partial charge in [0.05, 0.1) is 25.4 Å². The molecule has 23 heavy (non-hydrogen) atoms. The van der Waals surface area contributed by atoms with Crippen molar-refractivity contribution in [2.75, 3.05) is 26.4 Å². The maximum Gasteiger partial charge on any atom is 0.246 e. The van der Waals surface area contributed by atoms with E-state index in [2.05, 4.69) is 33.0 Å². The first kappa shape index (κ1) is 20.4. The summed E-state index contributed by atoms with van der Waals surface area (Å²) in [5.74, 6) is 0.628. The molecule has 0 aromatic rings. The topological polar surface area (TPSA) is 56.8 Å². The molecular weight excluding hydrogens is 294 g/mol. The Balaban J connectivity index is 1.98. The van der Waals surface area contributed by atoms with Crippen LogP contribution in [0.1, 0.15) is 59.8 Å². The molecule has 0 heterocycles. The van der Waals surface area contributed by atoms with Crippen molar-refractivity contribution in [3.05, 3.63) is 0 Å². The number of hydrogen-bond acceptors (Lipinski definition) is 4. The Bertz CT molecular complexity index is 312. The molecular formula is C18H35NO4. The zero-order valence-corrected chi connectivity index (χ0v) is 15.3. The van der Waals surface area contributed by atoms with Gasteiger partial charge in [-0.15, -0.1) is 0 Å². The summed E-state index contributed by atoms with van der Waals surface area (Å²) in [6.45, 7) is 10.4. The van der Waals surface area contributed by atoms with Crippen LogP contribution in [0.3, 0.4) is 0 Å². The maximum atomic E-state index is 11.8. The minimum atomic E-state index is -0.0274. The first-order valence-electron chi connectivity index (χ1n) is 9.07. The van der Waals surface area contributed by atoms with E-state index >= 15 is 0 Å². The number of carbonyl (C=O) groups excluding carboxylic acids is 1. The van der Waals surface area contributed by atoms with E-state index in [0.29, 0.717) is 25.2 Å². The van der Waals surface area contributed by atoms with Gasteiger partial charge >= 0.3 is 0 Å². The molecule has 0 radical (unpaired) electrons. The van der Waals surface area contributed by atoms with E-state index in [0.717, 1.165) is 38.7 Å². The molecule has 5 nitrogen and oxygen atoms in total. The van der Waals surface area contributed by atoms with Crippen LogP contribution in [0.2, 0.25) is 0 Å². The van der Waals surface area contributed by atoms with Crippen molar-refractivity contribution >= 4 is 5.91 Å². The second-order valence-corrected chi connectivity index (χ2v) is 7.07. The lowest BCUT2D eigenvalue weighted by molar-refractivity contribution is -0.127. The van der Waals surface area contributed by atoms with E-state index in [1.165, 1.54) is 0 Å². The van der Waals surface area contributed by atoms with E-state index in [4.69, 9.17) is 14.2 Å².